The molecule has 0 amide bonds. The lowest BCUT2D eigenvalue weighted by Gasteiger charge is -2.18. The highest BCUT2D eigenvalue weighted by atomic mass is 16.6. The van der Waals surface area contributed by atoms with Gasteiger partial charge in [0.15, 0.2) is 0 Å². The molecule has 0 radical (unpaired) electrons. The maximum absolute atomic E-state index is 12.9. The Labute approximate surface area is 273 Å². The van der Waals surface area contributed by atoms with Crippen molar-refractivity contribution >= 4 is 17.9 Å². The summed E-state index contributed by atoms with van der Waals surface area (Å²) in [4.78, 5) is 39.6. The molecule has 0 N–H and O–H groups in total. The molecular formula is C38H63NO6. The first-order valence-electron chi connectivity index (χ1n) is 18.3. The first-order chi connectivity index (χ1) is 21.9. The summed E-state index contributed by atoms with van der Waals surface area (Å²) in [7, 11) is 3.94. The Kier molecular flexibility index (Phi) is 17.9. The minimum atomic E-state index is -0.345. The van der Waals surface area contributed by atoms with Gasteiger partial charge in [-0.3, -0.25) is 14.4 Å². The van der Waals surface area contributed by atoms with Crippen molar-refractivity contribution in [1.82, 2.24) is 4.90 Å². The molecule has 0 saturated heterocycles. The summed E-state index contributed by atoms with van der Waals surface area (Å²) < 4.78 is 16.8. The van der Waals surface area contributed by atoms with Crippen LogP contribution in [0.5, 0.6) is 0 Å². The molecule has 3 rings (SSSR count). The molecule has 3 fully saturated rings. The SMILES string of the molecule is CCCCC/C=C\C/C=C\CCCCCCCCC(=O)OCC(COC(=O)CCCN(C)C)COC(=O)C1[C@@H]2[C@H]3CC[C@H](C3)[C@H]12. The van der Waals surface area contributed by atoms with E-state index < -0.39 is 0 Å². The molecule has 256 valence electrons. The molecule has 3 saturated carbocycles. The van der Waals surface area contributed by atoms with Crippen LogP contribution in [-0.4, -0.2) is 63.3 Å². The Morgan fingerprint density at radius 2 is 1.22 bits per heavy atom. The Hall–Kier alpha value is -2.15. The molecule has 7 heteroatoms. The molecule has 0 aromatic carbocycles. The monoisotopic (exact) mass is 629 g/mol. The third kappa shape index (κ3) is 14.4. The molecule has 0 aromatic rings. The second-order valence-corrected chi connectivity index (χ2v) is 14.1. The van der Waals surface area contributed by atoms with Crippen molar-refractivity contribution in [2.75, 3.05) is 40.5 Å². The number of hydrogen-bond donors (Lipinski definition) is 0. The fourth-order valence-corrected chi connectivity index (χ4v) is 7.44. The average molecular weight is 630 g/mol. The van der Waals surface area contributed by atoms with E-state index in [1.165, 1.54) is 64.2 Å². The largest absolute Gasteiger partial charge is 0.465 e. The number of unbranched alkanes of at least 4 members (excludes halogenated alkanes) is 9. The van der Waals surface area contributed by atoms with E-state index in [2.05, 4.69) is 31.2 Å². The molecule has 2 unspecified atom stereocenters. The van der Waals surface area contributed by atoms with Gasteiger partial charge in [0.1, 0.15) is 19.8 Å². The Morgan fingerprint density at radius 3 is 1.82 bits per heavy atom. The van der Waals surface area contributed by atoms with Gasteiger partial charge in [0.05, 0.1) is 11.8 Å². The number of carbonyl (C=O) groups is 3. The molecule has 6 atom stereocenters. The number of ether oxygens (including phenoxy) is 3. The van der Waals surface area contributed by atoms with Gasteiger partial charge in [-0.05, 0) is 109 Å². The minimum absolute atomic E-state index is 0.0526. The van der Waals surface area contributed by atoms with Gasteiger partial charge in [-0.2, -0.15) is 0 Å². The van der Waals surface area contributed by atoms with Crippen LogP contribution in [0.1, 0.15) is 122 Å². The van der Waals surface area contributed by atoms with Gasteiger partial charge in [0.25, 0.3) is 0 Å². The minimum Gasteiger partial charge on any atom is -0.465 e. The van der Waals surface area contributed by atoms with E-state index in [9.17, 15) is 14.4 Å². The molecule has 0 spiro atoms. The highest BCUT2D eigenvalue weighted by Crippen LogP contribution is 2.69. The maximum atomic E-state index is 12.9. The van der Waals surface area contributed by atoms with Crippen molar-refractivity contribution in [3.05, 3.63) is 24.3 Å². The summed E-state index contributed by atoms with van der Waals surface area (Å²) >= 11 is 0. The van der Waals surface area contributed by atoms with Crippen LogP contribution in [0.4, 0.5) is 0 Å². The van der Waals surface area contributed by atoms with Crippen molar-refractivity contribution in [3.63, 3.8) is 0 Å². The molecule has 45 heavy (non-hydrogen) atoms. The first kappa shape index (κ1) is 37.3. The van der Waals surface area contributed by atoms with Crippen LogP contribution in [0, 0.1) is 35.5 Å². The molecule has 0 heterocycles. The lowest BCUT2D eigenvalue weighted by atomic mass is 10.0. The van der Waals surface area contributed by atoms with Gasteiger partial charge in [-0.15, -0.1) is 0 Å². The molecule has 3 aliphatic rings. The number of allylic oxidation sites excluding steroid dienone is 4. The van der Waals surface area contributed by atoms with Crippen molar-refractivity contribution in [2.45, 2.75) is 122 Å². The smallest absolute Gasteiger partial charge is 0.309 e. The maximum Gasteiger partial charge on any atom is 0.309 e. The van der Waals surface area contributed by atoms with E-state index in [0.717, 1.165) is 45.1 Å². The number of carbonyl (C=O) groups excluding carboxylic acids is 3. The van der Waals surface area contributed by atoms with Crippen molar-refractivity contribution in [2.24, 2.45) is 35.5 Å². The van der Waals surface area contributed by atoms with E-state index in [1.54, 1.807) is 0 Å². The fourth-order valence-electron chi connectivity index (χ4n) is 7.44. The Morgan fingerprint density at radius 1 is 0.689 bits per heavy atom. The average Bonchev–Trinajstić information content (AvgIpc) is 3.46. The lowest BCUT2D eigenvalue weighted by molar-refractivity contribution is -0.154. The van der Waals surface area contributed by atoms with Crippen LogP contribution < -0.4 is 0 Å². The summed E-state index contributed by atoms with van der Waals surface area (Å²) in [5, 5.41) is 0. The van der Waals surface area contributed by atoms with Gasteiger partial charge in [-0.1, -0.05) is 69.8 Å². The van der Waals surface area contributed by atoms with Crippen molar-refractivity contribution in [3.8, 4) is 0 Å². The van der Waals surface area contributed by atoms with E-state index in [1.807, 2.05) is 19.0 Å². The Balaban J connectivity index is 1.24. The number of rotatable bonds is 26. The molecule has 3 aliphatic carbocycles. The first-order valence-corrected chi connectivity index (χ1v) is 18.3. The quantitative estimate of drug-likeness (QED) is 0.0414. The zero-order valence-electron chi connectivity index (χ0n) is 28.7. The molecule has 0 aliphatic heterocycles. The normalized spacial score (nSPS) is 24.0. The topological polar surface area (TPSA) is 82.1 Å². The highest BCUT2D eigenvalue weighted by Gasteiger charge is 2.68. The number of esters is 3. The van der Waals surface area contributed by atoms with Crippen LogP contribution in [-0.2, 0) is 28.6 Å². The van der Waals surface area contributed by atoms with Crippen LogP contribution in [0.2, 0.25) is 0 Å². The summed E-state index contributed by atoms with van der Waals surface area (Å²) in [6, 6.07) is 0. The van der Waals surface area contributed by atoms with Gasteiger partial charge in [0, 0.05) is 12.8 Å². The standard InChI is InChI=1S/C38H63NO6/c1-4-5-6-7-8-9-10-11-12-13-14-15-16-17-18-19-21-33(40)43-27-30(28-44-34(41)22-20-25-39(2)3)29-45-38(42)37-35-31-23-24-32(26-31)36(35)37/h8-9,11-12,30-32,35-37H,4-7,10,13-29H2,1-3H3/b9-8-,12-11-/t30?,31-,32+,35+,36-,37?. The van der Waals surface area contributed by atoms with E-state index in [4.69, 9.17) is 14.2 Å². The Bertz CT molecular complexity index is 913. The van der Waals surface area contributed by atoms with Crippen LogP contribution in [0.3, 0.4) is 0 Å². The second kappa shape index (κ2) is 21.6. The molecule has 0 aromatic heterocycles. The zero-order chi connectivity index (χ0) is 32.3. The molecule has 7 nitrogen and oxygen atoms in total. The van der Waals surface area contributed by atoms with Gasteiger partial charge >= 0.3 is 17.9 Å². The van der Waals surface area contributed by atoms with E-state index >= 15 is 0 Å². The fraction of sp³-hybridized carbons (Fsp3) is 0.816. The van der Waals surface area contributed by atoms with E-state index in [-0.39, 0.29) is 49.6 Å². The number of hydrogen-bond acceptors (Lipinski definition) is 7. The van der Waals surface area contributed by atoms with Crippen LogP contribution in [0.25, 0.3) is 0 Å². The van der Waals surface area contributed by atoms with Crippen molar-refractivity contribution in [1.29, 1.82) is 0 Å². The predicted molar refractivity (Wildman–Crippen MR) is 179 cm³/mol. The van der Waals surface area contributed by atoms with Crippen molar-refractivity contribution < 1.29 is 28.6 Å². The van der Waals surface area contributed by atoms with Crippen LogP contribution in [0.15, 0.2) is 24.3 Å². The molecule has 2 bridgehead atoms. The summed E-state index contributed by atoms with van der Waals surface area (Å²) in [6.45, 7) is 3.36. The number of nitrogens with zero attached hydrogens (tertiary/aromatic N) is 1. The highest BCUT2D eigenvalue weighted by molar-refractivity contribution is 5.77. The molecular weight excluding hydrogens is 566 g/mol. The predicted octanol–water partition coefficient (Wildman–Crippen LogP) is 8.07. The lowest BCUT2D eigenvalue weighted by Crippen LogP contribution is -2.27. The summed E-state index contributed by atoms with van der Waals surface area (Å²) in [5.41, 5.74) is 0. The summed E-state index contributed by atoms with van der Waals surface area (Å²) in [6.07, 6.45) is 28.3. The zero-order valence-corrected chi connectivity index (χ0v) is 28.7. The summed E-state index contributed by atoms with van der Waals surface area (Å²) in [5.74, 6) is 1.55. The van der Waals surface area contributed by atoms with E-state index in [0.29, 0.717) is 36.5 Å². The second-order valence-electron chi connectivity index (χ2n) is 14.1. The number of fused-ring (bicyclic) bond motifs is 5. The van der Waals surface area contributed by atoms with Gasteiger partial charge in [-0.25, -0.2) is 0 Å². The van der Waals surface area contributed by atoms with Gasteiger partial charge < -0.3 is 19.1 Å². The third-order valence-corrected chi connectivity index (χ3v) is 10.00. The van der Waals surface area contributed by atoms with Crippen LogP contribution >= 0.6 is 0 Å². The third-order valence-electron chi connectivity index (χ3n) is 10.00. The van der Waals surface area contributed by atoms with Gasteiger partial charge in [0.2, 0.25) is 0 Å².